The Kier molecular flexibility index (Phi) is 4.01. The maximum Gasteiger partial charge on any atom is 0.306 e. The van der Waals surface area contributed by atoms with E-state index < -0.39 is 5.97 Å². The predicted molar refractivity (Wildman–Crippen MR) is 68.1 cm³/mol. The lowest BCUT2D eigenvalue weighted by Gasteiger charge is -2.30. The van der Waals surface area contributed by atoms with Gasteiger partial charge in [0.05, 0.1) is 11.6 Å². The van der Waals surface area contributed by atoms with Gasteiger partial charge in [0.25, 0.3) is 0 Å². The molecule has 0 radical (unpaired) electrons. The molecule has 3 unspecified atom stereocenters. The van der Waals surface area contributed by atoms with E-state index in [2.05, 4.69) is 17.3 Å². The first-order valence-corrected chi connectivity index (χ1v) is 6.54. The van der Waals surface area contributed by atoms with Gasteiger partial charge in [-0.3, -0.25) is 9.48 Å². The summed E-state index contributed by atoms with van der Waals surface area (Å²) in [5.41, 5.74) is 1.13. The van der Waals surface area contributed by atoms with E-state index in [0.29, 0.717) is 6.04 Å². The molecule has 0 saturated heterocycles. The second-order valence-electron chi connectivity index (χ2n) is 5.17. The van der Waals surface area contributed by atoms with Crippen molar-refractivity contribution < 1.29 is 9.90 Å². The SMILES string of the molecule is CC(NC1CCCC(C(=O)O)C1)c1ccnn1C. The van der Waals surface area contributed by atoms with Crippen LogP contribution in [0.5, 0.6) is 0 Å². The molecule has 0 aromatic carbocycles. The van der Waals surface area contributed by atoms with Crippen molar-refractivity contribution in [3.8, 4) is 0 Å². The molecule has 2 rings (SSSR count). The molecule has 0 spiro atoms. The van der Waals surface area contributed by atoms with Crippen molar-refractivity contribution in [3.63, 3.8) is 0 Å². The molecule has 1 heterocycles. The van der Waals surface area contributed by atoms with Crippen molar-refractivity contribution in [1.29, 1.82) is 0 Å². The van der Waals surface area contributed by atoms with E-state index in [1.807, 2.05) is 17.8 Å². The van der Waals surface area contributed by atoms with Gasteiger partial charge in [-0.05, 0) is 32.3 Å². The summed E-state index contributed by atoms with van der Waals surface area (Å²) < 4.78 is 1.86. The van der Waals surface area contributed by atoms with E-state index in [4.69, 9.17) is 5.11 Å². The van der Waals surface area contributed by atoms with Gasteiger partial charge in [-0.1, -0.05) is 6.42 Å². The fourth-order valence-electron chi connectivity index (χ4n) is 2.81. The van der Waals surface area contributed by atoms with Crippen molar-refractivity contribution in [3.05, 3.63) is 18.0 Å². The highest BCUT2D eigenvalue weighted by Crippen LogP contribution is 2.26. The molecule has 1 aromatic rings. The minimum Gasteiger partial charge on any atom is -0.481 e. The van der Waals surface area contributed by atoms with Crippen molar-refractivity contribution >= 4 is 5.97 Å². The molecule has 1 aliphatic carbocycles. The molecule has 3 atom stereocenters. The summed E-state index contributed by atoms with van der Waals surface area (Å²) >= 11 is 0. The van der Waals surface area contributed by atoms with Crippen LogP contribution in [-0.4, -0.2) is 26.9 Å². The number of rotatable bonds is 4. The predicted octanol–water partition coefficient (Wildman–Crippen LogP) is 1.71. The Balaban J connectivity index is 1.93. The third-order valence-electron chi connectivity index (χ3n) is 3.81. The molecule has 5 heteroatoms. The van der Waals surface area contributed by atoms with Crippen LogP contribution >= 0.6 is 0 Å². The molecule has 0 amide bonds. The molecule has 0 bridgehead atoms. The molecule has 1 aliphatic rings. The average Bonchev–Trinajstić information content (AvgIpc) is 2.76. The van der Waals surface area contributed by atoms with Crippen LogP contribution in [0.1, 0.15) is 44.3 Å². The minimum atomic E-state index is -0.658. The van der Waals surface area contributed by atoms with Gasteiger partial charge in [0, 0.05) is 25.3 Å². The van der Waals surface area contributed by atoms with Crippen LogP contribution in [0.2, 0.25) is 0 Å². The van der Waals surface area contributed by atoms with Gasteiger partial charge in [-0.15, -0.1) is 0 Å². The number of carbonyl (C=O) groups is 1. The van der Waals surface area contributed by atoms with Crippen LogP contribution in [0, 0.1) is 5.92 Å². The summed E-state index contributed by atoms with van der Waals surface area (Å²) in [7, 11) is 1.93. The van der Waals surface area contributed by atoms with E-state index >= 15 is 0 Å². The first kappa shape index (κ1) is 13.1. The Morgan fingerprint density at radius 2 is 2.39 bits per heavy atom. The number of hydrogen-bond donors (Lipinski definition) is 2. The van der Waals surface area contributed by atoms with Crippen LogP contribution in [0.25, 0.3) is 0 Å². The third-order valence-corrected chi connectivity index (χ3v) is 3.81. The molecular weight excluding hydrogens is 230 g/mol. The Hall–Kier alpha value is -1.36. The first-order chi connectivity index (χ1) is 8.58. The molecule has 0 aliphatic heterocycles. The largest absolute Gasteiger partial charge is 0.481 e. The maximum atomic E-state index is 11.0. The second kappa shape index (κ2) is 5.52. The fourth-order valence-corrected chi connectivity index (χ4v) is 2.81. The molecule has 1 aromatic heterocycles. The highest BCUT2D eigenvalue weighted by molar-refractivity contribution is 5.70. The number of carboxylic acids is 1. The summed E-state index contributed by atoms with van der Waals surface area (Å²) in [6.07, 6.45) is 5.39. The molecular formula is C13H21N3O2. The molecule has 2 N–H and O–H groups in total. The van der Waals surface area contributed by atoms with E-state index in [1.54, 1.807) is 6.20 Å². The fraction of sp³-hybridized carbons (Fsp3) is 0.692. The van der Waals surface area contributed by atoms with E-state index in [9.17, 15) is 4.79 Å². The molecule has 5 nitrogen and oxygen atoms in total. The monoisotopic (exact) mass is 251 g/mol. The van der Waals surface area contributed by atoms with Crippen LogP contribution in [0.3, 0.4) is 0 Å². The lowest BCUT2D eigenvalue weighted by atomic mass is 9.85. The second-order valence-corrected chi connectivity index (χ2v) is 5.17. The van der Waals surface area contributed by atoms with Crippen LogP contribution < -0.4 is 5.32 Å². The average molecular weight is 251 g/mol. The van der Waals surface area contributed by atoms with Crippen LogP contribution in [0.4, 0.5) is 0 Å². The maximum absolute atomic E-state index is 11.0. The zero-order valence-electron chi connectivity index (χ0n) is 11.0. The summed E-state index contributed by atoms with van der Waals surface area (Å²) in [5, 5.41) is 16.8. The lowest BCUT2D eigenvalue weighted by Crippen LogP contribution is -2.38. The van der Waals surface area contributed by atoms with Gasteiger partial charge in [-0.2, -0.15) is 5.10 Å². The number of aryl methyl sites for hydroxylation is 1. The molecule has 18 heavy (non-hydrogen) atoms. The highest BCUT2D eigenvalue weighted by atomic mass is 16.4. The summed E-state index contributed by atoms with van der Waals surface area (Å²) in [6, 6.07) is 2.50. The number of aromatic nitrogens is 2. The Labute approximate surface area is 107 Å². The Morgan fingerprint density at radius 1 is 1.61 bits per heavy atom. The summed E-state index contributed by atoms with van der Waals surface area (Å²) in [4.78, 5) is 11.0. The zero-order chi connectivity index (χ0) is 13.1. The molecule has 1 fully saturated rings. The lowest BCUT2D eigenvalue weighted by molar-refractivity contribution is -0.143. The van der Waals surface area contributed by atoms with Crippen LogP contribution in [0.15, 0.2) is 12.3 Å². The topological polar surface area (TPSA) is 67.2 Å². The Morgan fingerprint density at radius 3 is 3.00 bits per heavy atom. The van der Waals surface area contributed by atoms with Gasteiger partial charge in [0.15, 0.2) is 0 Å². The Bertz CT molecular complexity index is 416. The normalized spacial score (nSPS) is 25.9. The van der Waals surface area contributed by atoms with Crippen molar-refractivity contribution in [2.75, 3.05) is 0 Å². The summed E-state index contributed by atoms with van der Waals surface area (Å²) in [5.74, 6) is -0.843. The van der Waals surface area contributed by atoms with Gasteiger partial charge in [0.2, 0.25) is 0 Å². The number of carboxylic acid groups (broad SMARTS) is 1. The number of hydrogen-bond acceptors (Lipinski definition) is 3. The minimum absolute atomic E-state index is 0.185. The third kappa shape index (κ3) is 2.90. The number of nitrogens with zero attached hydrogens (tertiary/aromatic N) is 2. The van der Waals surface area contributed by atoms with Crippen molar-refractivity contribution in [1.82, 2.24) is 15.1 Å². The number of aliphatic carboxylic acids is 1. The van der Waals surface area contributed by atoms with E-state index in [1.165, 1.54) is 0 Å². The summed E-state index contributed by atoms with van der Waals surface area (Å²) in [6.45, 7) is 2.10. The quantitative estimate of drug-likeness (QED) is 0.855. The first-order valence-electron chi connectivity index (χ1n) is 6.54. The smallest absolute Gasteiger partial charge is 0.306 e. The zero-order valence-corrected chi connectivity index (χ0v) is 11.0. The molecule has 1 saturated carbocycles. The van der Waals surface area contributed by atoms with Gasteiger partial charge < -0.3 is 10.4 Å². The van der Waals surface area contributed by atoms with Crippen molar-refractivity contribution in [2.45, 2.75) is 44.7 Å². The molecule has 100 valence electrons. The number of nitrogens with one attached hydrogen (secondary N) is 1. The van der Waals surface area contributed by atoms with Crippen LogP contribution in [-0.2, 0) is 11.8 Å². The van der Waals surface area contributed by atoms with Gasteiger partial charge >= 0.3 is 5.97 Å². The van der Waals surface area contributed by atoms with Gasteiger partial charge in [0.1, 0.15) is 0 Å². The van der Waals surface area contributed by atoms with Crippen molar-refractivity contribution in [2.24, 2.45) is 13.0 Å². The highest BCUT2D eigenvalue weighted by Gasteiger charge is 2.27. The standard InChI is InChI=1S/C13H21N3O2/c1-9(12-6-7-14-16(12)2)15-11-5-3-4-10(8-11)13(17)18/h6-7,9-11,15H,3-5,8H2,1-2H3,(H,17,18). The van der Waals surface area contributed by atoms with Gasteiger partial charge in [-0.25, -0.2) is 0 Å². The van der Waals surface area contributed by atoms with E-state index in [-0.39, 0.29) is 12.0 Å². The van der Waals surface area contributed by atoms with E-state index in [0.717, 1.165) is 31.4 Å².